The van der Waals surface area contributed by atoms with Gasteiger partial charge in [-0.15, -0.1) is 0 Å². The van der Waals surface area contributed by atoms with Gasteiger partial charge in [-0.05, 0) is 36.2 Å². The van der Waals surface area contributed by atoms with Crippen molar-refractivity contribution in [3.05, 3.63) is 62.4 Å². The number of hydrogen-bond acceptors (Lipinski definition) is 3. The van der Waals surface area contributed by atoms with Crippen molar-refractivity contribution >= 4 is 46.7 Å². The average Bonchev–Trinajstić information content (AvgIpc) is 2.45. The van der Waals surface area contributed by atoms with E-state index in [2.05, 4.69) is 15.6 Å². The van der Waals surface area contributed by atoms with Crippen LogP contribution >= 0.6 is 34.8 Å². The predicted octanol–water partition coefficient (Wildman–Crippen LogP) is 3.99. The smallest absolute Gasteiger partial charge is 0.321 e. The van der Waals surface area contributed by atoms with Crippen LogP contribution in [0.4, 0.5) is 4.79 Å². The lowest BCUT2D eigenvalue weighted by atomic mass is 10.1. The second kappa shape index (κ2) is 7.64. The van der Waals surface area contributed by atoms with Crippen LogP contribution in [0.3, 0.4) is 0 Å². The van der Waals surface area contributed by atoms with E-state index in [9.17, 15) is 9.59 Å². The van der Waals surface area contributed by atoms with Crippen LogP contribution in [0.15, 0.2) is 30.3 Å². The van der Waals surface area contributed by atoms with E-state index in [1.165, 1.54) is 6.07 Å². The number of carbonyl (C=O) groups excluding carboxylic acids is 2. The molecule has 0 unspecified atom stereocenters. The van der Waals surface area contributed by atoms with E-state index >= 15 is 0 Å². The van der Waals surface area contributed by atoms with Gasteiger partial charge in [0, 0.05) is 11.6 Å². The molecule has 0 aliphatic heterocycles. The van der Waals surface area contributed by atoms with Crippen LogP contribution in [0.25, 0.3) is 0 Å². The molecule has 2 N–H and O–H groups in total. The van der Waals surface area contributed by atoms with Gasteiger partial charge in [0.25, 0.3) is 5.91 Å². The molecule has 2 aromatic rings. The Bertz CT molecular complexity index is 725. The van der Waals surface area contributed by atoms with Crippen molar-refractivity contribution in [3.8, 4) is 0 Å². The highest BCUT2D eigenvalue weighted by Crippen LogP contribution is 2.21. The normalized spacial score (nSPS) is 10.3. The first-order valence-corrected chi connectivity index (χ1v) is 7.66. The monoisotopic (exact) mass is 371 g/mol. The summed E-state index contributed by atoms with van der Waals surface area (Å²) in [6, 6.07) is 7.82. The van der Waals surface area contributed by atoms with Crippen molar-refractivity contribution in [3.63, 3.8) is 0 Å². The number of hydrogen-bond donors (Lipinski definition) is 2. The molecule has 8 heteroatoms. The van der Waals surface area contributed by atoms with Crippen LogP contribution in [0, 0.1) is 6.92 Å². The number of amides is 3. The van der Waals surface area contributed by atoms with Gasteiger partial charge in [0.05, 0.1) is 5.56 Å². The Morgan fingerprint density at radius 3 is 2.39 bits per heavy atom. The van der Waals surface area contributed by atoms with Gasteiger partial charge in [-0.3, -0.25) is 10.1 Å². The standard InChI is InChI=1S/C15H12Cl3N3O2/c1-8-6-11(17)20-13(18)12(8)14(22)21-15(23)19-7-9-2-4-10(16)5-3-9/h2-6H,7H2,1H3,(H2,19,21,22,23). The van der Waals surface area contributed by atoms with E-state index in [0.717, 1.165) is 5.56 Å². The molecule has 0 radical (unpaired) electrons. The molecule has 3 amide bonds. The summed E-state index contributed by atoms with van der Waals surface area (Å²) in [5.41, 5.74) is 1.48. The van der Waals surface area contributed by atoms with Crippen LogP contribution in [0.2, 0.25) is 15.3 Å². The lowest BCUT2D eigenvalue weighted by molar-refractivity contribution is 0.0963. The van der Waals surface area contributed by atoms with Gasteiger partial charge in [-0.25, -0.2) is 9.78 Å². The number of urea groups is 1. The first-order valence-electron chi connectivity index (χ1n) is 6.53. The number of aryl methyl sites for hydroxylation is 1. The van der Waals surface area contributed by atoms with Gasteiger partial charge < -0.3 is 5.32 Å². The summed E-state index contributed by atoms with van der Waals surface area (Å²) in [6.45, 7) is 1.90. The molecule has 0 saturated heterocycles. The fourth-order valence-corrected chi connectivity index (χ4v) is 2.61. The van der Waals surface area contributed by atoms with Gasteiger partial charge in [0.2, 0.25) is 0 Å². The van der Waals surface area contributed by atoms with Crippen LogP contribution < -0.4 is 10.6 Å². The average molecular weight is 373 g/mol. The lowest BCUT2D eigenvalue weighted by Crippen LogP contribution is -2.39. The van der Waals surface area contributed by atoms with Gasteiger partial charge in [-0.2, -0.15) is 0 Å². The Labute approximate surface area is 148 Å². The van der Waals surface area contributed by atoms with E-state index in [4.69, 9.17) is 34.8 Å². The fraction of sp³-hybridized carbons (Fsp3) is 0.133. The highest BCUT2D eigenvalue weighted by atomic mass is 35.5. The molecule has 1 aromatic carbocycles. The molecular formula is C15H12Cl3N3O2. The van der Waals surface area contributed by atoms with E-state index < -0.39 is 11.9 Å². The number of halogens is 3. The largest absolute Gasteiger partial charge is 0.334 e. The third-order valence-corrected chi connectivity index (χ3v) is 3.68. The van der Waals surface area contributed by atoms with Crippen molar-refractivity contribution in [2.24, 2.45) is 0 Å². The molecule has 0 saturated carbocycles. The fourth-order valence-electron chi connectivity index (χ4n) is 1.86. The molecule has 0 bridgehead atoms. The zero-order valence-electron chi connectivity index (χ0n) is 12.0. The maximum absolute atomic E-state index is 12.1. The highest BCUT2D eigenvalue weighted by molar-refractivity contribution is 6.35. The molecule has 0 aliphatic rings. The zero-order chi connectivity index (χ0) is 17.0. The van der Waals surface area contributed by atoms with Crippen molar-refractivity contribution in [2.75, 3.05) is 0 Å². The summed E-state index contributed by atoms with van der Waals surface area (Å²) in [5, 5.41) is 5.49. The molecule has 5 nitrogen and oxygen atoms in total. The summed E-state index contributed by atoms with van der Waals surface area (Å²) in [7, 11) is 0. The summed E-state index contributed by atoms with van der Waals surface area (Å²) in [4.78, 5) is 27.7. The molecule has 0 spiro atoms. The summed E-state index contributed by atoms with van der Waals surface area (Å²) in [5.74, 6) is -0.648. The molecule has 23 heavy (non-hydrogen) atoms. The highest BCUT2D eigenvalue weighted by Gasteiger charge is 2.18. The third-order valence-electron chi connectivity index (χ3n) is 2.96. The maximum Gasteiger partial charge on any atom is 0.321 e. The molecule has 0 atom stereocenters. The van der Waals surface area contributed by atoms with Crippen molar-refractivity contribution in [1.29, 1.82) is 0 Å². The first kappa shape index (κ1) is 17.5. The van der Waals surface area contributed by atoms with Crippen molar-refractivity contribution in [2.45, 2.75) is 13.5 Å². The van der Waals surface area contributed by atoms with E-state index in [1.807, 2.05) is 0 Å². The summed E-state index contributed by atoms with van der Waals surface area (Å²) in [6.07, 6.45) is 0. The Morgan fingerprint density at radius 1 is 1.13 bits per heavy atom. The lowest BCUT2D eigenvalue weighted by Gasteiger charge is -2.10. The number of nitrogens with one attached hydrogen (secondary N) is 2. The van der Waals surface area contributed by atoms with Crippen LogP contribution in [-0.2, 0) is 6.54 Å². The SMILES string of the molecule is Cc1cc(Cl)nc(Cl)c1C(=O)NC(=O)NCc1ccc(Cl)cc1. The van der Waals surface area contributed by atoms with Gasteiger partial charge in [0.15, 0.2) is 0 Å². The quantitative estimate of drug-likeness (QED) is 0.800. The topological polar surface area (TPSA) is 71.1 Å². The van der Waals surface area contributed by atoms with Crippen LogP contribution in [-0.4, -0.2) is 16.9 Å². The van der Waals surface area contributed by atoms with Crippen molar-refractivity contribution in [1.82, 2.24) is 15.6 Å². The number of carbonyl (C=O) groups is 2. The summed E-state index contributed by atoms with van der Waals surface area (Å²) < 4.78 is 0. The minimum Gasteiger partial charge on any atom is -0.334 e. The second-order valence-electron chi connectivity index (χ2n) is 4.69. The predicted molar refractivity (Wildman–Crippen MR) is 90.1 cm³/mol. The van der Waals surface area contributed by atoms with E-state index in [0.29, 0.717) is 10.6 Å². The molecular weight excluding hydrogens is 361 g/mol. The number of rotatable bonds is 3. The molecule has 120 valence electrons. The number of benzene rings is 1. The maximum atomic E-state index is 12.1. The third kappa shape index (κ3) is 4.82. The van der Waals surface area contributed by atoms with Crippen LogP contribution in [0.5, 0.6) is 0 Å². The Kier molecular flexibility index (Phi) is 5.82. The van der Waals surface area contributed by atoms with Crippen LogP contribution in [0.1, 0.15) is 21.5 Å². The molecule has 2 rings (SSSR count). The molecule has 1 heterocycles. The number of imide groups is 1. The Morgan fingerprint density at radius 2 is 1.78 bits per heavy atom. The van der Waals surface area contributed by atoms with E-state index in [-0.39, 0.29) is 22.4 Å². The van der Waals surface area contributed by atoms with E-state index in [1.54, 1.807) is 31.2 Å². The summed E-state index contributed by atoms with van der Waals surface area (Å²) >= 11 is 17.4. The van der Waals surface area contributed by atoms with Gasteiger partial charge in [0.1, 0.15) is 10.3 Å². The minimum atomic E-state index is -0.648. The molecule has 0 fully saturated rings. The molecule has 1 aromatic heterocycles. The molecule has 0 aliphatic carbocycles. The zero-order valence-corrected chi connectivity index (χ0v) is 14.3. The Balaban J connectivity index is 1.97. The first-order chi connectivity index (χ1) is 10.9. The number of pyridine rings is 1. The van der Waals surface area contributed by atoms with Crippen molar-refractivity contribution < 1.29 is 9.59 Å². The second-order valence-corrected chi connectivity index (χ2v) is 5.87. The number of aromatic nitrogens is 1. The van der Waals surface area contributed by atoms with Gasteiger partial charge >= 0.3 is 6.03 Å². The minimum absolute atomic E-state index is 0.0574. The Hall–Kier alpha value is -1.82. The number of nitrogens with zero attached hydrogens (tertiary/aromatic N) is 1. The van der Waals surface area contributed by atoms with Gasteiger partial charge in [-0.1, -0.05) is 46.9 Å².